The summed E-state index contributed by atoms with van der Waals surface area (Å²) >= 11 is 0. The summed E-state index contributed by atoms with van der Waals surface area (Å²) in [7, 11) is 0. The van der Waals surface area contributed by atoms with Gasteiger partial charge in [-0.05, 0) is 41.8 Å². The first kappa shape index (κ1) is 12.2. The van der Waals surface area contributed by atoms with Crippen LogP contribution in [-0.2, 0) is 6.61 Å². The van der Waals surface area contributed by atoms with Gasteiger partial charge in [0.05, 0.1) is 0 Å². The van der Waals surface area contributed by atoms with E-state index in [4.69, 9.17) is 10.5 Å². The first-order valence-corrected chi connectivity index (χ1v) is 6.45. The maximum Gasteiger partial charge on any atom is 0.123 e. The van der Waals surface area contributed by atoms with Crippen molar-refractivity contribution >= 4 is 0 Å². The van der Waals surface area contributed by atoms with Crippen LogP contribution in [0, 0.1) is 5.82 Å². The Morgan fingerprint density at radius 3 is 2.26 bits per heavy atom. The van der Waals surface area contributed by atoms with Gasteiger partial charge in [0.2, 0.25) is 0 Å². The second kappa shape index (κ2) is 5.02. The van der Waals surface area contributed by atoms with Crippen molar-refractivity contribution in [2.24, 2.45) is 5.73 Å². The van der Waals surface area contributed by atoms with Crippen LogP contribution in [0.2, 0.25) is 0 Å². The van der Waals surface area contributed by atoms with Gasteiger partial charge >= 0.3 is 0 Å². The second-order valence-electron chi connectivity index (χ2n) is 4.99. The lowest BCUT2D eigenvalue weighted by Crippen LogP contribution is -2.01. The van der Waals surface area contributed by atoms with E-state index in [0.717, 1.165) is 17.7 Å². The molecule has 1 aliphatic rings. The van der Waals surface area contributed by atoms with Gasteiger partial charge < -0.3 is 10.5 Å². The third kappa shape index (κ3) is 2.93. The SMILES string of the molecule is NC1CC1c1ccc(OCc2ccc(F)cc2)cc1. The zero-order chi connectivity index (χ0) is 13.2. The van der Waals surface area contributed by atoms with Crippen LogP contribution in [-0.4, -0.2) is 6.04 Å². The van der Waals surface area contributed by atoms with E-state index in [1.165, 1.54) is 17.7 Å². The third-order valence-corrected chi connectivity index (χ3v) is 3.47. The van der Waals surface area contributed by atoms with Crippen molar-refractivity contribution < 1.29 is 9.13 Å². The molecule has 0 bridgehead atoms. The summed E-state index contributed by atoms with van der Waals surface area (Å²) in [4.78, 5) is 0. The fourth-order valence-corrected chi connectivity index (χ4v) is 2.16. The molecule has 3 rings (SSSR count). The first-order valence-electron chi connectivity index (χ1n) is 6.45. The molecule has 2 nitrogen and oxygen atoms in total. The Hall–Kier alpha value is -1.87. The van der Waals surface area contributed by atoms with Gasteiger partial charge in [-0.3, -0.25) is 0 Å². The molecule has 19 heavy (non-hydrogen) atoms. The van der Waals surface area contributed by atoms with Crippen molar-refractivity contribution in [3.05, 3.63) is 65.5 Å². The molecule has 2 unspecified atom stereocenters. The molecule has 2 aromatic carbocycles. The molecule has 1 aliphatic carbocycles. The third-order valence-electron chi connectivity index (χ3n) is 3.47. The normalized spacial score (nSPS) is 21.2. The van der Waals surface area contributed by atoms with Crippen molar-refractivity contribution in [2.75, 3.05) is 0 Å². The lowest BCUT2D eigenvalue weighted by Gasteiger charge is -2.07. The largest absolute Gasteiger partial charge is 0.489 e. The van der Waals surface area contributed by atoms with Gasteiger partial charge in [-0.25, -0.2) is 4.39 Å². The quantitative estimate of drug-likeness (QED) is 0.912. The lowest BCUT2D eigenvalue weighted by atomic mass is 10.1. The monoisotopic (exact) mass is 257 g/mol. The molecular weight excluding hydrogens is 241 g/mol. The molecule has 0 amide bonds. The summed E-state index contributed by atoms with van der Waals surface area (Å²) in [5.74, 6) is 1.11. The number of hydrogen-bond donors (Lipinski definition) is 1. The van der Waals surface area contributed by atoms with Crippen LogP contribution in [0.1, 0.15) is 23.5 Å². The lowest BCUT2D eigenvalue weighted by molar-refractivity contribution is 0.306. The molecule has 98 valence electrons. The molecule has 2 aromatic rings. The summed E-state index contributed by atoms with van der Waals surface area (Å²) in [6.45, 7) is 0.447. The molecule has 0 aliphatic heterocycles. The van der Waals surface area contributed by atoms with Gasteiger partial charge in [0, 0.05) is 12.0 Å². The van der Waals surface area contributed by atoms with Crippen molar-refractivity contribution in [3.63, 3.8) is 0 Å². The summed E-state index contributed by atoms with van der Waals surface area (Å²) in [6, 6.07) is 14.7. The van der Waals surface area contributed by atoms with Crippen molar-refractivity contribution in [3.8, 4) is 5.75 Å². The molecule has 2 atom stereocenters. The predicted octanol–water partition coefficient (Wildman–Crippen LogP) is 3.22. The molecule has 2 N–H and O–H groups in total. The highest BCUT2D eigenvalue weighted by atomic mass is 19.1. The van der Waals surface area contributed by atoms with E-state index in [9.17, 15) is 4.39 Å². The average molecular weight is 257 g/mol. The molecule has 0 saturated heterocycles. The van der Waals surface area contributed by atoms with E-state index >= 15 is 0 Å². The second-order valence-corrected chi connectivity index (χ2v) is 4.99. The highest BCUT2D eigenvalue weighted by Gasteiger charge is 2.34. The molecular formula is C16H16FNO. The first-order chi connectivity index (χ1) is 9.22. The minimum absolute atomic E-state index is 0.228. The number of halogens is 1. The maximum atomic E-state index is 12.8. The van der Waals surface area contributed by atoms with Gasteiger partial charge in [-0.1, -0.05) is 24.3 Å². The average Bonchev–Trinajstić information content (AvgIpc) is 3.16. The Bertz CT molecular complexity index is 550. The van der Waals surface area contributed by atoms with Gasteiger partial charge in [0.15, 0.2) is 0 Å². The molecule has 0 heterocycles. The number of ether oxygens (including phenoxy) is 1. The topological polar surface area (TPSA) is 35.2 Å². The van der Waals surface area contributed by atoms with Crippen molar-refractivity contribution in [1.29, 1.82) is 0 Å². The smallest absolute Gasteiger partial charge is 0.123 e. The van der Waals surface area contributed by atoms with E-state index < -0.39 is 0 Å². The minimum Gasteiger partial charge on any atom is -0.489 e. The highest BCUT2D eigenvalue weighted by molar-refractivity contribution is 5.33. The van der Waals surface area contributed by atoms with E-state index in [2.05, 4.69) is 12.1 Å². The minimum atomic E-state index is -0.228. The van der Waals surface area contributed by atoms with E-state index in [0.29, 0.717) is 18.6 Å². The van der Waals surface area contributed by atoms with E-state index in [1.807, 2.05) is 12.1 Å². The van der Waals surface area contributed by atoms with Crippen LogP contribution < -0.4 is 10.5 Å². The van der Waals surface area contributed by atoms with Crippen LogP contribution in [0.4, 0.5) is 4.39 Å². The molecule has 1 saturated carbocycles. The Labute approximate surface area is 112 Å². The maximum absolute atomic E-state index is 12.8. The molecule has 0 radical (unpaired) electrons. The van der Waals surface area contributed by atoms with Crippen LogP contribution in [0.25, 0.3) is 0 Å². The van der Waals surface area contributed by atoms with Crippen LogP contribution in [0.15, 0.2) is 48.5 Å². The predicted molar refractivity (Wildman–Crippen MR) is 72.5 cm³/mol. The van der Waals surface area contributed by atoms with Crippen LogP contribution >= 0.6 is 0 Å². The van der Waals surface area contributed by atoms with Gasteiger partial charge in [0.1, 0.15) is 18.2 Å². The van der Waals surface area contributed by atoms with Crippen molar-refractivity contribution in [1.82, 2.24) is 0 Å². The Morgan fingerprint density at radius 1 is 1.05 bits per heavy atom. The van der Waals surface area contributed by atoms with E-state index in [1.54, 1.807) is 12.1 Å². The van der Waals surface area contributed by atoms with Crippen molar-refractivity contribution in [2.45, 2.75) is 25.0 Å². The molecule has 1 fully saturated rings. The fraction of sp³-hybridized carbons (Fsp3) is 0.250. The van der Waals surface area contributed by atoms with Gasteiger partial charge in [-0.15, -0.1) is 0 Å². The van der Waals surface area contributed by atoms with Crippen LogP contribution in [0.5, 0.6) is 5.75 Å². The number of hydrogen-bond acceptors (Lipinski definition) is 2. The zero-order valence-corrected chi connectivity index (χ0v) is 10.6. The summed E-state index contributed by atoms with van der Waals surface area (Å²) in [6.07, 6.45) is 1.08. The number of rotatable bonds is 4. The summed E-state index contributed by atoms with van der Waals surface area (Å²) in [5.41, 5.74) is 8.05. The Kier molecular flexibility index (Phi) is 3.22. The van der Waals surface area contributed by atoms with Gasteiger partial charge in [0.25, 0.3) is 0 Å². The standard InChI is InChI=1S/C16H16FNO/c17-13-5-1-11(2-6-13)10-19-14-7-3-12(4-8-14)15-9-16(15)18/h1-8,15-16H,9-10,18H2. The fourth-order valence-electron chi connectivity index (χ4n) is 2.16. The van der Waals surface area contributed by atoms with Gasteiger partial charge in [-0.2, -0.15) is 0 Å². The summed E-state index contributed by atoms with van der Waals surface area (Å²) in [5, 5.41) is 0. The summed E-state index contributed by atoms with van der Waals surface area (Å²) < 4.78 is 18.4. The molecule has 0 spiro atoms. The highest BCUT2D eigenvalue weighted by Crippen LogP contribution is 2.39. The molecule has 0 aromatic heterocycles. The van der Waals surface area contributed by atoms with E-state index in [-0.39, 0.29) is 5.82 Å². The van der Waals surface area contributed by atoms with Crippen LogP contribution in [0.3, 0.4) is 0 Å². The number of benzene rings is 2. The Balaban J connectivity index is 1.59. The Morgan fingerprint density at radius 2 is 1.68 bits per heavy atom. The number of nitrogens with two attached hydrogens (primary N) is 1. The molecule has 3 heteroatoms. The zero-order valence-electron chi connectivity index (χ0n) is 10.6.